The summed E-state index contributed by atoms with van der Waals surface area (Å²) in [6.07, 6.45) is -4.86. The van der Waals surface area contributed by atoms with Crippen LogP contribution in [0.4, 0.5) is 4.79 Å². The molecule has 0 aromatic carbocycles. The minimum absolute atomic E-state index is 0.0123. The maximum atomic E-state index is 11.8. The molecule has 0 radical (unpaired) electrons. The number of aliphatic hydroxyl groups is 4. The van der Waals surface area contributed by atoms with Crippen molar-refractivity contribution in [3.8, 4) is 0 Å². The highest BCUT2D eigenvalue weighted by Gasteiger charge is 2.47. The van der Waals surface area contributed by atoms with Gasteiger partial charge < -0.3 is 30.5 Å². The molecule has 5 atom stereocenters. The summed E-state index contributed by atoms with van der Waals surface area (Å²) in [4.78, 5) is 12.9. The summed E-state index contributed by atoms with van der Waals surface area (Å²) < 4.78 is 5.25. The van der Waals surface area contributed by atoms with Gasteiger partial charge in [-0.25, -0.2) is 4.79 Å². The van der Waals surface area contributed by atoms with E-state index in [1.54, 1.807) is 0 Å². The van der Waals surface area contributed by atoms with Crippen molar-refractivity contribution < 1.29 is 30.0 Å². The Kier molecular flexibility index (Phi) is 4.03. The maximum absolute atomic E-state index is 11.8. The Morgan fingerprint density at radius 2 is 2.06 bits per heavy atom. The number of carbonyl (C=O) groups is 1. The van der Waals surface area contributed by atoms with Gasteiger partial charge in [-0.2, -0.15) is 0 Å². The highest BCUT2D eigenvalue weighted by atomic mass is 16.6. The van der Waals surface area contributed by atoms with Gasteiger partial charge in [-0.05, 0) is 6.42 Å². The fourth-order valence-electron chi connectivity index (χ4n) is 2.21. The molecule has 0 aromatic rings. The second kappa shape index (κ2) is 5.37. The van der Waals surface area contributed by atoms with Gasteiger partial charge in [0.05, 0.1) is 19.3 Å². The van der Waals surface area contributed by atoms with Crippen LogP contribution in [0.3, 0.4) is 0 Å². The average molecular weight is 262 g/mol. The largest absolute Gasteiger partial charge is 0.394 e. The molecule has 2 heterocycles. The molecule has 18 heavy (non-hydrogen) atoms. The van der Waals surface area contributed by atoms with Crippen LogP contribution < -0.4 is 5.32 Å². The predicted octanol–water partition coefficient (Wildman–Crippen LogP) is -2.80. The molecule has 0 aromatic heterocycles. The van der Waals surface area contributed by atoms with E-state index in [0.29, 0.717) is 13.0 Å². The first-order chi connectivity index (χ1) is 8.54. The molecular weight excluding hydrogens is 244 g/mol. The minimum Gasteiger partial charge on any atom is -0.394 e. The highest BCUT2D eigenvalue weighted by Crippen LogP contribution is 2.25. The lowest BCUT2D eigenvalue weighted by molar-refractivity contribution is -0.0857. The number of rotatable bonds is 2. The number of nitrogens with zero attached hydrogens (tertiary/aromatic N) is 1. The second-order valence-corrected chi connectivity index (χ2v) is 4.56. The number of hydrogen-bond donors (Lipinski definition) is 5. The van der Waals surface area contributed by atoms with Crippen LogP contribution in [0.1, 0.15) is 6.42 Å². The summed E-state index contributed by atoms with van der Waals surface area (Å²) in [6, 6.07) is -0.471. The van der Waals surface area contributed by atoms with Crippen molar-refractivity contribution in [1.29, 1.82) is 0 Å². The zero-order chi connectivity index (χ0) is 13.3. The van der Waals surface area contributed by atoms with E-state index in [1.165, 1.54) is 0 Å². The lowest BCUT2D eigenvalue weighted by Crippen LogP contribution is -2.51. The quantitative estimate of drug-likeness (QED) is 0.366. The number of aliphatic hydroxyl groups excluding tert-OH is 4. The number of amides is 2. The van der Waals surface area contributed by atoms with E-state index in [-0.39, 0.29) is 6.54 Å². The third-order valence-electron chi connectivity index (χ3n) is 3.25. The van der Waals surface area contributed by atoms with Crippen molar-refractivity contribution in [2.75, 3.05) is 19.7 Å². The number of β-amino-alcohol motifs (C(OH)–C–C–N with tert-alkyl or cyclic N) is 1. The molecule has 0 bridgehead atoms. The topological polar surface area (TPSA) is 122 Å². The summed E-state index contributed by atoms with van der Waals surface area (Å²) in [7, 11) is 0. The van der Waals surface area contributed by atoms with E-state index in [2.05, 4.69) is 5.32 Å². The molecule has 0 spiro atoms. The highest BCUT2D eigenvalue weighted by molar-refractivity contribution is 5.74. The summed E-state index contributed by atoms with van der Waals surface area (Å²) in [5.41, 5.74) is 0. The lowest BCUT2D eigenvalue weighted by Gasteiger charge is -2.29. The first-order valence-corrected chi connectivity index (χ1v) is 5.89. The first-order valence-electron chi connectivity index (χ1n) is 5.89. The van der Waals surface area contributed by atoms with Crippen LogP contribution in [-0.4, -0.2) is 81.7 Å². The monoisotopic (exact) mass is 262 g/mol. The number of urea groups is 1. The number of nitrogens with one attached hydrogen (secondary N) is 1. The van der Waals surface area contributed by atoms with Gasteiger partial charge in [-0.3, -0.25) is 4.90 Å². The van der Waals surface area contributed by atoms with E-state index in [4.69, 9.17) is 9.84 Å². The Morgan fingerprint density at radius 3 is 2.67 bits per heavy atom. The number of hydrogen-bond acceptors (Lipinski definition) is 6. The molecule has 0 saturated carbocycles. The maximum Gasteiger partial charge on any atom is 0.319 e. The minimum atomic E-state index is -1.31. The van der Waals surface area contributed by atoms with Crippen LogP contribution in [0.25, 0.3) is 0 Å². The molecule has 2 aliphatic heterocycles. The Labute approximate surface area is 104 Å². The van der Waals surface area contributed by atoms with Gasteiger partial charge in [0.2, 0.25) is 0 Å². The Bertz CT molecular complexity index is 315. The lowest BCUT2D eigenvalue weighted by atomic mass is 10.1. The van der Waals surface area contributed by atoms with Crippen molar-refractivity contribution in [2.45, 2.75) is 37.1 Å². The van der Waals surface area contributed by atoms with E-state index >= 15 is 0 Å². The average Bonchev–Trinajstić information content (AvgIpc) is 2.51. The summed E-state index contributed by atoms with van der Waals surface area (Å²) in [5.74, 6) is 0. The van der Waals surface area contributed by atoms with Crippen LogP contribution in [0.15, 0.2) is 0 Å². The Hall–Kier alpha value is -0.930. The van der Waals surface area contributed by atoms with Crippen LogP contribution in [0, 0.1) is 0 Å². The van der Waals surface area contributed by atoms with Crippen molar-refractivity contribution in [1.82, 2.24) is 10.2 Å². The fourth-order valence-corrected chi connectivity index (χ4v) is 2.21. The molecule has 0 aliphatic carbocycles. The van der Waals surface area contributed by atoms with E-state index in [1.807, 2.05) is 0 Å². The van der Waals surface area contributed by atoms with Crippen LogP contribution in [-0.2, 0) is 4.74 Å². The molecule has 2 fully saturated rings. The van der Waals surface area contributed by atoms with Gasteiger partial charge in [0.15, 0.2) is 6.23 Å². The van der Waals surface area contributed by atoms with Gasteiger partial charge in [0, 0.05) is 6.54 Å². The molecule has 2 amide bonds. The van der Waals surface area contributed by atoms with Crippen LogP contribution in [0.2, 0.25) is 0 Å². The predicted molar refractivity (Wildman–Crippen MR) is 58.5 cm³/mol. The number of ether oxygens (including phenoxy) is 1. The fraction of sp³-hybridized carbons (Fsp3) is 0.900. The second-order valence-electron chi connectivity index (χ2n) is 4.56. The molecule has 2 rings (SSSR count). The Morgan fingerprint density at radius 1 is 1.33 bits per heavy atom. The van der Waals surface area contributed by atoms with Crippen molar-refractivity contribution >= 4 is 6.03 Å². The molecule has 5 N–H and O–H groups in total. The molecule has 104 valence electrons. The van der Waals surface area contributed by atoms with Gasteiger partial charge in [0.25, 0.3) is 0 Å². The van der Waals surface area contributed by atoms with Gasteiger partial charge in [-0.15, -0.1) is 0 Å². The zero-order valence-corrected chi connectivity index (χ0v) is 9.77. The van der Waals surface area contributed by atoms with E-state index in [0.717, 1.165) is 4.90 Å². The van der Waals surface area contributed by atoms with Crippen molar-refractivity contribution in [2.24, 2.45) is 0 Å². The molecule has 2 saturated heterocycles. The van der Waals surface area contributed by atoms with Crippen molar-refractivity contribution in [3.05, 3.63) is 0 Å². The van der Waals surface area contributed by atoms with E-state index in [9.17, 15) is 20.1 Å². The summed E-state index contributed by atoms with van der Waals surface area (Å²) in [6.45, 7) is -0.101. The molecule has 5 unspecified atom stereocenters. The van der Waals surface area contributed by atoms with Crippen LogP contribution in [0.5, 0.6) is 0 Å². The summed E-state index contributed by atoms with van der Waals surface area (Å²) in [5, 5.41) is 40.6. The normalized spacial score (nSPS) is 41.7. The SMILES string of the molecule is O=C1NCCC(O)CN1C1OC(CO)C(O)C1O. The molecule has 8 heteroatoms. The molecule has 2 aliphatic rings. The van der Waals surface area contributed by atoms with Gasteiger partial charge >= 0.3 is 6.03 Å². The smallest absolute Gasteiger partial charge is 0.319 e. The standard InChI is InChI=1S/C10H18N2O6/c13-4-6-7(15)8(16)9(18-6)12-3-5(14)1-2-11-10(12)17/h5-9,13-16H,1-4H2,(H,11,17). The zero-order valence-electron chi connectivity index (χ0n) is 9.77. The van der Waals surface area contributed by atoms with E-state index < -0.39 is 43.3 Å². The summed E-state index contributed by atoms with van der Waals surface area (Å²) >= 11 is 0. The first kappa shape index (κ1) is 13.5. The van der Waals surface area contributed by atoms with Crippen molar-refractivity contribution in [3.63, 3.8) is 0 Å². The van der Waals surface area contributed by atoms with Crippen LogP contribution >= 0.6 is 0 Å². The van der Waals surface area contributed by atoms with Gasteiger partial charge in [0.1, 0.15) is 18.3 Å². The Balaban J connectivity index is 2.11. The third-order valence-corrected chi connectivity index (χ3v) is 3.25. The number of carbonyl (C=O) groups excluding carboxylic acids is 1. The third kappa shape index (κ3) is 2.43. The van der Waals surface area contributed by atoms with Gasteiger partial charge in [-0.1, -0.05) is 0 Å². The molecular formula is C10H18N2O6. The molecule has 8 nitrogen and oxygen atoms in total.